The summed E-state index contributed by atoms with van der Waals surface area (Å²) >= 11 is 0. The molecule has 0 aliphatic carbocycles. The van der Waals surface area contributed by atoms with Crippen molar-refractivity contribution in [2.24, 2.45) is 5.92 Å². The molecule has 1 amide bonds. The molecule has 156 valence electrons. The fourth-order valence-corrected chi connectivity index (χ4v) is 4.80. The summed E-state index contributed by atoms with van der Waals surface area (Å²) in [4.78, 5) is 12.1. The molecular formula is C22H28N2O4S. The Hall–Kier alpha value is -2.38. The predicted octanol–water partition coefficient (Wildman–Crippen LogP) is 3.70. The number of nitrogens with one attached hydrogen (secondary N) is 1. The average molecular weight is 417 g/mol. The van der Waals surface area contributed by atoms with E-state index in [2.05, 4.69) is 5.32 Å². The Kier molecular flexibility index (Phi) is 7.28. The van der Waals surface area contributed by atoms with Gasteiger partial charge in [-0.05, 0) is 55.9 Å². The first-order chi connectivity index (χ1) is 13.9. The third-order valence-electron chi connectivity index (χ3n) is 5.11. The second kappa shape index (κ2) is 9.89. The van der Waals surface area contributed by atoms with E-state index in [0.717, 1.165) is 29.9 Å². The maximum Gasteiger partial charge on any atom is 0.236 e. The molecule has 1 aliphatic heterocycles. The van der Waals surface area contributed by atoms with Gasteiger partial charge in [0.25, 0.3) is 0 Å². The van der Waals surface area contributed by atoms with Gasteiger partial charge >= 0.3 is 0 Å². The number of carbonyl (C=O) groups excluding carboxylic acids is 1. The quantitative estimate of drug-likeness (QED) is 0.712. The highest BCUT2D eigenvalue weighted by molar-refractivity contribution is 7.92. The van der Waals surface area contributed by atoms with Crippen molar-refractivity contribution in [2.45, 2.75) is 39.2 Å². The van der Waals surface area contributed by atoms with Crippen LogP contribution in [0.5, 0.6) is 0 Å². The number of rotatable bonds is 8. The number of sulfonamides is 1. The van der Waals surface area contributed by atoms with Crippen LogP contribution in [-0.2, 0) is 21.4 Å². The molecule has 6 nitrogen and oxygen atoms in total. The first-order valence-electron chi connectivity index (χ1n) is 9.98. The lowest BCUT2D eigenvalue weighted by atomic mass is 9.94. The Bertz CT molecular complexity index is 935. The van der Waals surface area contributed by atoms with Gasteiger partial charge in [-0.25, -0.2) is 8.42 Å². The van der Waals surface area contributed by atoms with E-state index in [4.69, 9.17) is 4.42 Å². The van der Waals surface area contributed by atoms with Gasteiger partial charge in [0.2, 0.25) is 15.9 Å². The molecule has 0 saturated carbocycles. The lowest BCUT2D eigenvalue weighted by molar-refractivity contribution is -0.121. The molecule has 1 atom stereocenters. The highest BCUT2D eigenvalue weighted by atomic mass is 32.2. The van der Waals surface area contributed by atoms with E-state index in [1.165, 1.54) is 9.71 Å². The number of amides is 1. The van der Waals surface area contributed by atoms with E-state index in [-0.39, 0.29) is 11.8 Å². The summed E-state index contributed by atoms with van der Waals surface area (Å²) in [7, 11) is -3.46. The summed E-state index contributed by atoms with van der Waals surface area (Å²) in [5, 5.41) is 4.14. The van der Waals surface area contributed by atoms with Crippen LogP contribution in [0.3, 0.4) is 0 Å². The molecule has 1 fully saturated rings. The normalized spacial score (nSPS) is 18.2. The molecule has 1 unspecified atom stereocenters. The lowest BCUT2D eigenvalue weighted by Crippen LogP contribution is -2.39. The van der Waals surface area contributed by atoms with Gasteiger partial charge in [0.1, 0.15) is 11.5 Å². The van der Waals surface area contributed by atoms with E-state index in [1.54, 1.807) is 6.08 Å². The number of nitrogens with zero attached hydrogens (tertiary/aromatic N) is 1. The third-order valence-corrected chi connectivity index (χ3v) is 6.64. The summed E-state index contributed by atoms with van der Waals surface area (Å²) in [6.07, 6.45) is 4.45. The van der Waals surface area contributed by atoms with Crippen LogP contribution < -0.4 is 5.32 Å². The van der Waals surface area contributed by atoms with E-state index in [1.807, 2.05) is 49.4 Å². The van der Waals surface area contributed by atoms with Gasteiger partial charge in [0, 0.05) is 24.9 Å². The first-order valence-corrected chi connectivity index (χ1v) is 11.5. The zero-order chi connectivity index (χ0) is 20.7. The van der Waals surface area contributed by atoms with E-state index >= 15 is 0 Å². The van der Waals surface area contributed by atoms with Crippen LogP contribution in [0.25, 0.3) is 6.08 Å². The topological polar surface area (TPSA) is 79.6 Å². The summed E-state index contributed by atoms with van der Waals surface area (Å²) < 4.78 is 32.3. The molecule has 0 bridgehead atoms. The summed E-state index contributed by atoms with van der Waals surface area (Å²) in [6, 6.07) is 13.1. The SMILES string of the molecule is Cc1ccc(CNC(=O)CCC2CCCN(S(=O)(=O)C=Cc3ccccc3)C2)o1. The van der Waals surface area contributed by atoms with Crippen molar-refractivity contribution in [1.82, 2.24) is 9.62 Å². The number of piperidine rings is 1. The molecule has 0 spiro atoms. The fraction of sp³-hybridized carbons (Fsp3) is 0.409. The van der Waals surface area contributed by atoms with Crippen LogP contribution in [0.1, 0.15) is 42.8 Å². The Morgan fingerprint density at radius 3 is 2.76 bits per heavy atom. The Morgan fingerprint density at radius 2 is 2.03 bits per heavy atom. The Balaban J connectivity index is 1.47. The van der Waals surface area contributed by atoms with Crippen LogP contribution in [0.2, 0.25) is 0 Å². The maximum atomic E-state index is 12.7. The minimum atomic E-state index is -3.46. The van der Waals surface area contributed by atoms with Crippen molar-refractivity contribution in [3.05, 3.63) is 65.0 Å². The molecule has 1 aromatic heterocycles. The van der Waals surface area contributed by atoms with Crippen LogP contribution >= 0.6 is 0 Å². The second-order valence-corrected chi connectivity index (χ2v) is 9.27. The molecule has 0 radical (unpaired) electrons. The van der Waals surface area contributed by atoms with Crippen LogP contribution in [0, 0.1) is 12.8 Å². The van der Waals surface area contributed by atoms with Gasteiger partial charge in [0.05, 0.1) is 6.54 Å². The van der Waals surface area contributed by atoms with Crippen molar-refractivity contribution in [3.63, 3.8) is 0 Å². The predicted molar refractivity (Wildman–Crippen MR) is 113 cm³/mol. The zero-order valence-corrected chi connectivity index (χ0v) is 17.5. The number of hydrogen-bond donors (Lipinski definition) is 1. The van der Waals surface area contributed by atoms with Gasteiger partial charge in [-0.2, -0.15) is 4.31 Å². The number of benzene rings is 1. The molecule has 1 saturated heterocycles. The highest BCUT2D eigenvalue weighted by Crippen LogP contribution is 2.24. The van der Waals surface area contributed by atoms with Crippen LogP contribution in [-0.4, -0.2) is 31.7 Å². The molecular weight excluding hydrogens is 388 g/mol. The summed E-state index contributed by atoms with van der Waals surface area (Å²) in [6.45, 7) is 3.24. The monoisotopic (exact) mass is 416 g/mol. The van der Waals surface area contributed by atoms with Crippen LogP contribution in [0.15, 0.2) is 52.3 Å². The van der Waals surface area contributed by atoms with Gasteiger partial charge in [0.15, 0.2) is 0 Å². The fourth-order valence-electron chi connectivity index (χ4n) is 3.50. The molecule has 1 N–H and O–H groups in total. The number of furan rings is 1. The standard InChI is InChI=1S/C22H28N2O4S/c1-18-9-11-21(28-18)16-23-22(25)12-10-20-8-5-14-24(17-20)29(26,27)15-13-19-6-3-2-4-7-19/h2-4,6-7,9,11,13,15,20H,5,8,10,12,14,16-17H2,1H3,(H,23,25). The highest BCUT2D eigenvalue weighted by Gasteiger charge is 2.27. The number of hydrogen-bond acceptors (Lipinski definition) is 4. The van der Waals surface area contributed by atoms with Crippen molar-refractivity contribution < 1.29 is 17.6 Å². The first kappa shape index (κ1) is 21.3. The van der Waals surface area contributed by atoms with E-state index < -0.39 is 10.0 Å². The van der Waals surface area contributed by atoms with Gasteiger partial charge < -0.3 is 9.73 Å². The molecule has 3 rings (SSSR count). The van der Waals surface area contributed by atoms with Gasteiger partial charge in [-0.15, -0.1) is 0 Å². The maximum absolute atomic E-state index is 12.7. The average Bonchev–Trinajstić information content (AvgIpc) is 3.15. The molecule has 29 heavy (non-hydrogen) atoms. The number of carbonyl (C=O) groups is 1. The van der Waals surface area contributed by atoms with Gasteiger partial charge in [-0.1, -0.05) is 30.3 Å². The molecule has 1 aromatic carbocycles. The van der Waals surface area contributed by atoms with Crippen molar-refractivity contribution in [3.8, 4) is 0 Å². The van der Waals surface area contributed by atoms with Crippen LogP contribution in [0.4, 0.5) is 0 Å². The smallest absolute Gasteiger partial charge is 0.236 e. The lowest BCUT2D eigenvalue weighted by Gasteiger charge is -2.31. The molecule has 2 heterocycles. The van der Waals surface area contributed by atoms with Gasteiger partial charge in [-0.3, -0.25) is 4.79 Å². The summed E-state index contributed by atoms with van der Waals surface area (Å²) in [5.74, 6) is 1.71. The minimum Gasteiger partial charge on any atom is -0.465 e. The third kappa shape index (κ3) is 6.58. The molecule has 2 aromatic rings. The number of aryl methyl sites for hydroxylation is 1. The molecule has 1 aliphatic rings. The zero-order valence-electron chi connectivity index (χ0n) is 16.7. The Labute approximate surface area is 172 Å². The largest absolute Gasteiger partial charge is 0.465 e. The van der Waals surface area contributed by atoms with E-state index in [0.29, 0.717) is 32.5 Å². The van der Waals surface area contributed by atoms with Crippen molar-refractivity contribution in [1.29, 1.82) is 0 Å². The minimum absolute atomic E-state index is 0.0389. The van der Waals surface area contributed by atoms with E-state index in [9.17, 15) is 13.2 Å². The Morgan fingerprint density at radius 1 is 1.24 bits per heavy atom. The second-order valence-electron chi connectivity index (χ2n) is 7.45. The summed E-state index contributed by atoms with van der Waals surface area (Å²) in [5.41, 5.74) is 0.855. The molecule has 7 heteroatoms. The van der Waals surface area contributed by atoms with Crippen molar-refractivity contribution >= 4 is 22.0 Å². The van der Waals surface area contributed by atoms with Crippen molar-refractivity contribution in [2.75, 3.05) is 13.1 Å².